The highest BCUT2D eigenvalue weighted by Gasteiger charge is 2.43. The fraction of sp³-hybridized carbons (Fsp3) is 0.625. The molecule has 0 saturated carbocycles. The monoisotopic (exact) mass is 279 g/mol. The van der Waals surface area contributed by atoms with Crippen LogP contribution >= 0.6 is 0 Å². The van der Waals surface area contributed by atoms with Crippen LogP contribution < -0.4 is 10.5 Å². The van der Waals surface area contributed by atoms with E-state index in [4.69, 9.17) is 15.2 Å². The van der Waals surface area contributed by atoms with Gasteiger partial charge in [-0.3, -0.25) is 0 Å². The summed E-state index contributed by atoms with van der Waals surface area (Å²) in [5.41, 5.74) is 6.91. The van der Waals surface area contributed by atoms with E-state index in [1.54, 1.807) is 6.07 Å². The van der Waals surface area contributed by atoms with Crippen LogP contribution in [0.5, 0.6) is 5.75 Å². The molecule has 0 aliphatic carbocycles. The van der Waals surface area contributed by atoms with Gasteiger partial charge in [0.1, 0.15) is 17.2 Å². The topological polar surface area (TPSA) is 44.5 Å². The number of benzene rings is 1. The number of hydrogen-bond donors (Lipinski definition) is 1. The highest BCUT2D eigenvalue weighted by atomic mass is 19.1. The van der Waals surface area contributed by atoms with Crippen molar-refractivity contribution in [2.24, 2.45) is 5.73 Å². The smallest absolute Gasteiger partial charge is 0.127 e. The third-order valence-corrected chi connectivity index (χ3v) is 4.42. The van der Waals surface area contributed by atoms with Crippen molar-refractivity contribution in [1.29, 1.82) is 0 Å². The molecule has 3 unspecified atom stereocenters. The third kappa shape index (κ3) is 2.54. The van der Waals surface area contributed by atoms with Gasteiger partial charge in [0.05, 0.1) is 12.7 Å². The molecule has 1 aromatic rings. The number of fused-ring (bicyclic) bond motifs is 1. The first kappa shape index (κ1) is 13.8. The summed E-state index contributed by atoms with van der Waals surface area (Å²) in [4.78, 5) is 0. The van der Waals surface area contributed by atoms with Gasteiger partial charge in [0, 0.05) is 36.9 Å². The minimum Gasteiger partial charge on any atom is -0.487 e. The maximum absolute atomic E-state index is 13.4. The first-order valence-corrected chi connectivity index (χ1v) is 7.47. The van der Waals surface area contributed by atoms with Gasteiger partial charge >= 0.3 is 0 Å². The summed E-state index contributed by atoms with van der Waals surface area (Å²) in [6, 6.07) is 4.56. The van der Waals surface area contributed by atoms with Crippen LogP contribution in [0.1, 0.15) is 50.6 Å². The fourth-order valence-corrected chi connectivity index (χ4v) is 3.46. The van der Waals surface area contributed by atoms with E-state index >= 15 is 0 Å². The fourth-order valence-electron chi connectivity index (χ4n) is 3.46. The Hall–Kier alpha value is -1.13. The Morgan fingerprint density at radius 3 is 3.05 bits per heavy atom. The molecule has 1 spiro atoms. The minimum atomic E-state index is -0.279. The predicted molar refractivity (Wildman–Crippen MR) is 75.2 cm³/mol. The summed E-state index contributed by atoms with van der Waals surface area (Å²) >= 11 is 0. The van der Waals surface area contributed by atoms with E-state index in [1.807, 2.05) is 0 Å². The van der Waals surface area contributed by atoms with Gasteiger partial charge in [-0.2, -0.15) is 0 Å². The first-order valence-electron chi connectivity index (χ1n) is 7.47. The zero-order valence-electron chi connectivity index (χ0n) is 11.9. The molecule has 4 heteroatoms. The second-order valence-electron chi connectivity index (χ2n) is 6.01. The molecule has 2 aliphatic rings. The van der Waals surface area contributed by atoms with Crippen molar-refractivity contribution in [1.82, 2.24) is 0 Å². The van der Waals surface area contributed by atoms with E-state index < -0.39 is 0 Å². The van der Waals surface area contributed by atoms with E-state index in [0.717, 1.165) is 37.7 Å². The van der Waals surface area contributed by atoms with Crippen molar-refractivity contribution in [2.75, 3.05) is 6.61 Å². The zero-order valence-corrected chi connectivity index (χ0v) is 11.9. The molecule has 1 saturated heterocycles. The summed E-state index contributed by atoms with van der Waals surface area (Å²) in [5.74, 6) is 0.339. The molecule has 3 atom stereocenters. The van der Waals surface area contributed by atoms with Gasteiger partial charge in [-0.25, -0.2) is 4.39 Å². The summed E-state index contributed by atoms with van der Waals surface area (Å²) in [5, 5.41) is 0. The number of nitrogens with two attached hydrogens (primary N) is 1. The molecule has 20 heavy (non-hydrogen) atoms. The van der Waals surface area contributed by atoms with Crippen LogP contribution in [0, 0.1) is 5.82 Å². The van der Waals surface area contributed by atoms with Gasteiger partial charge in [0.15, 0.2) is 0 Å². The Balaban J connectivity index is 1.85. The van der Waals surface area contributed by atoms with Crippen molar-refractivity contribution in [3.8, 4) is 5.75 Å². The number of ether oxygens (including phenoxy) is 2. The maximum atomic E-state index is 13.4. The molecule has 1 aromatic carbocycles. The van der Waals surface area contributed by atoms with Crippen LogP contribution in [0.3, 0.4) is 0 Å². The highest BCUT2D eigenvalue weighted by molar-refractivity contribution is 5.39. The normalized spacial score (nSPS) is 32.8. The molecule has 1 fully saturated rings. The molecule has 110 valence electrons. The molecule has 2 aliphatic heterocycles. The molecule has 2 N–H and O–H groups in total. The number of halogens is 1. The molecular formula is C16H22FNO2. The van der Waals surface area contributed by atoms with Gasteiger partial charge < -0.3 is 15.2 Å². The van der Waals surface area contributed by atoms with Crippen LogP contribution in [-0.2, 0) is 4.74 Å². The predicted octanol–water partition coefficient (Wildman–Crippen LogP) is 3.33. The molecule has 3 rings (SSSR count). The lowest BCUT2D eigenvalue weighted by atomic mass is 9.79. The van der Waals surface area contributed by atoms with E-state index in [1.165, 1.54) is 12.1 Å². The average molecular weight is 279 g/mol. The molecule has 0 bridgehead atoms. The number of hydrogen-bond acceptors (Lipinski definition) is 3. The van der Waals surface area contributed by atoms with E-state index in [9.17, 15) is 4.39 Å². The lowest BCUT2D eigenvalue weighted by Gasteiger charge is -2.45. The molecule has 0 aromatic heterocycles. The molecule has 2 heterocycles. The summed E-state index contributed by atoms with van der Waals surface area (Å²) in [6.45, 7) is 2.85. The standard InChI is InChI=1S/C16H22FNO2/c1-2-3-12-9-16(6-7-19-12)10-14(18)13-5-4-11(17)8-15(13)20-16/h4-5,8,12,14H,2-3,6-7,9-10,18H2,1H3. The van der Waals surface area contributed by atoms with Crippen molar-refractivity contribution in [3.63, 3.8) is 0 Å². The minimum absolute atomic E-state index is 0.0836. The Bertz CT molecular complexity index is 491. The van der Waals surface area contributed by atoms with E-state index in [2.05, 4.69) is 6.92 Å². The van der Waals surface area contributed by atoms with E-state index in [-0.39, 0.29) is 23.6 Å². The van der Waals surface area contributed by atoms with Gasteiger partial charge in [-0.15, -0.1) is 0 Å². The van der Waals surface area contributed by atoms with Crippen LogP contribution in [0.2, 0.25) is 0 Å². The Morgan fingerprint density at radius 1 is 1.40 bits per heavy atom. The van der Waals surface area contributed by atoms with Crippen molar-refractivity contribution < 1.29 is 13.9 Å². The Labute approximate surface area is 119 Å². The second kappa shape index (κ2) is 5.34. The first-order chi connectivity index (χ1) is 9.62. The summed E-state index contributed by atoms with van der Waals surface area (Å²) in [7, 11) is 0. The average Bonchev–Trinajstić information content (AvgIpc) is 2.38. The van der Waals surface area contributed by atoms with Crippen LogP contribution in [-0.4, -0.2) is 18.3 Å². The molecule has 0 amide bonds. The molecule has 0 radical (unpaired) electrons. The van der Waals surface area contributed by atoms with Gasteiger partial charge in [-0.1, -0.05) is 19.4 Å². The molecular weight excluding hydrogens is 257 g/mol. The summed E-state index contributed by atoms with van der Waals surface area (Å²) in [6.07, 6.45) is 4.83. The van der Waals surface area contributed by atoms with E-state index in [0.29, 0.717) is 12.4 Å². The summed E-state index contributed by atoms with van der Waals surface area (Å²) < 4.78 is 25.4. The van der Waals surface area contributed by atoms with Crippen LogP contribution in [0.15, 0.2) is 18.2 Å². The van der Waals surface area contributed by atoms with Gasteiger partial charge in [-0.05, 0) is 12.5 Å². The highest BCUT2D eigenvalue weighted by Crippen LogP contribution is 2.44. The maximum Gasteiger partial charge on any atom is 0.127 e. The largest absolute Gasteiger partial charge is 0.487 e. The second-order valence-corrected chi connectivity index (χ2v) is 6.01. The quantitative estimate of drug-likeness (QED) is 0.903. The lowest BCUT2D eigenvalue weighted by molar-refractivity contribution is -0.103. The van der Waals surface area contributed by atoms with Gasteiger partial charge in [0.25, 0.3) is 0 Å². The van der Waals surface area contributed by atoms with Crippen molar-refractivity contribution >= 4 is 0 Å². The number of rotatable bonds is 2. The SMILES string of the molecule is CCCC1CC2(CCO1)CC(N)c1ccc(F)cc1O2. The van der Waals surface area contributed by atoms with Gasteiger partial charge in [0.2, 0.25) is 0 Å². The van der Waals surface area contributed by atoms with Crippen molar-refractivity contribution in [3.05, 3.63) is 29.6 Å². The van der Waals surface area contributed by atoms with Crippen molar-refractivity contribution in [2.45, 2.75) is 56.8 Å². The van der Waals surface area contributed by atoms with Crippen LogP contribution in [0.25, 0.3) is 0 Å². The zero-order chi connectivity index (χ0) is 14.2. The molecule has 3 nitrogen and oxygen atoms in total. The van der Waals surface area contributed by atoms with Crippen LogP contribution in [0.4, 0.5) is 4.39 Å². The lowest BCUT2D eigenvalue weighted by Crippen LogP contribution is -2.49. The Kier molecular flexibility index (Phi) is 3.69. The Morgan fingerprint density at radius 2 is 2.25 bits per heavy atom. The third-order valence-electron chi connectivity index (χ3n) is 4.42.